The van der Waals surface area contributed by atoms with Crippen molar-refractivity contribution >= 4 is 29.4 Å². The first-order valence-electron chi connectivity index (χ1n) is 16.2. The van der Waals surface area contributed by atoms with Crippen molar-refractivity contribution in [3.05, 3.63) is 57.6 Å². The number of hydrogen-bond acceptors (Lipinski definition) is 12. The summed E-state index contributed by atoms with van der Waals surface area (Å²) in [6.45, 7) is 11.3. The zero-order valence-corrected chi connectivity index (χ0v) is 28.9. The fourth-order valence-corrected chi connectivity index (χ4v) is 7.68. The molecule has 4 heterocycles. The molecule has 1 aromatic rings. The number of aliphatic hydroxyl groups excluding tert-OH is 2. The minimum absolute atomic E-state index is 0.0178. The molecular weight excluding hydrogens is 626 g/mol. The van der Waals surface area contributed by atoms with Gasteiger partial charge in [0.25, 0.3) is 0 Å². The van der Waals surface area contributed by atoms with Gasteiger partial charge in [-0.15, -0.1) is 11.3 Å². The minimum Gasteiger partial charge on any atom is -0.456 e. The average Bonchev–Trinajstić information content (AvgIpc) is 3.61. The summed E-state index contributed by atoms with van der Waals surface area (Å²) in [4.78, 5) is 29.5. The number of aliphatic hydroxyl groups is 2. The summed E-state index contributed by atoms with van der Waals surface area (Å²) in [5.41, 5.74) is 1.50. The topological polar surface area (TPSA) is 143 Å². The van der Waals surface area contributed by atoms with Crippen molar-refractivity contribution in [2.24, 2.45) is 23.7 Å². The lowest BCUT2D eigenvalue weighted by Gasteiger charge is -2.41. The first kappa shape index (κ1) is 35.6. The lowest BCUT2D eigenvalue weighted by molar-refractivity contribution is -0.277. The van der Waals surface area contributed by atoms with Crippen LogP contribution >= 0.6 is 11.3 Å². The van der Waals surface area contributed by atoms with E-state index in [4.69, 9.17) is 28.4 Å². The Kier molecular flexibility index (Phi) is 10.9. The van der Waals surface area contributed by atoms with E-state index < -0.39 is 54.0 Å². The number of hydrogen-bond donors (Lipinski definition) is 2. The van der Waals surface area contributed by atoms with E-state index in [0.717, 1.165) is 11.4 Å². The quantitative estimate of drug-likeness (QED) is 0.220. The van der Waals surface area contributed by atoms with Gasteiger partial charge in [-0.25, -0.2) is 9.78 Å². The number of carbonyl (C=O) groups is 2. The van der Waals surface area contributed by atoms with Gasteiger partial charge in [-0.05, 0) is 75.5 Å². The Hall–Kier alpha value is -2.71. The molecule has 1 aliphatic carbocycles. The number of nitrogens with zero attached hydrogens (tertiary/aromatic N) is 1. The maximum Gasteiger partial charge on any atom is 0.331 e. The molecule has 2 N–H and O–H groups in total. The molecule has 0 radical (unpaired) electrons. The van der Waals surface area contributed by atoms with Crippen molar-refractivity contribution in [1.29, 1.82) is 0 Å². The third-order valence-electron chi connectivity index (χ3n) is 9.79. The minimum atomic E-state index is -1.39. The highest BCUT2D eigenvalue weighted by molar-refractivity contribution is 7.09. The summed E-state index contributed by atoms with van der Waals surface area (Å²) in [6, 6.07) is 0. The molecule has 4 aliphatic rings. The summed E-state index contributed by atoms with van der Waals surface area (Å²) in [7, 11) is 1.55. The van der Waals surface area contributed by atoms with Gasteiger partial charge in [-0.2, -0.15) is 0 Å². The van der Waals surface area contributed by atoms with E-state index in [1.165, 1.54) is 29.9 Å². The van der Waals surface area contributed by atoms with Crippen LogP contribution in [0.3, 0.4) is 0 Å². The SMILES string of the molecule is CO[C@]12C=C[C@](C)(O1)[C@@H](OC(=O)/C=C/c1csc(C)n1)C[C@H]1C(C)=CC[C@H](C(C)C)[C@H]1/C=C\2COC1OCC(O)C(O)C1OC(C)=O. The molecule has 11 nitrogen and oxygen atoms in total. The van der Waals surface area contributed by atoms with E-state index in [-0.39, 0.29) is 31.0 Å². The van der Waals surface area contributed by atoms with Gasteiger partial charge in [0.15, 0.2) is 12.4 Å². The van der Waals surface area contributed by atoms with Gasteiger partial charge in [-0.1, -0.05) is 31.6 Å². The lowest BCUT2D eigenvalue weighted by atomic mass is 9.65. The average molecular weight is 674 g/mol. The molecular formula is C35H47NO10S. The molecule has 5 rings (SSSR count). The number of aromatic nitrogens is 1. The van der Waals surface area contributed by atoms with Crippen LogP contribution in [0.1, 0.15) is 58.2 Å². The molecule has 10 atom stereocenters. The van der Waals surface area contributed by atoms with E-state index in [2.05, 4.69) is 37.9 Å². The zero-order valence-electron chi connectivity index (χ0n) is 28.1. The number of aryl methyl sites for hydroxylation is 1. The number of fused-ring (bicyclic) bond motifs is 3. The van der Waals surface area contributed by atoms with Crippen molar-refractivity contribution in [3.8, 4) is 0 Å². The fraction of sp³-hybridized carbons (Fsp3) is 0.629. The normalized spacial score (nSPS) is 38.2. The molecule has 0 amide bonds. The van der Waals surface area contributed by atoms with Crippen LogP contribution in [-0.4, -0.2) is 89.6 Å². The molecule has 0 aromatic carbocycles. The summed E-state index contributed by atoms with van der Waals surface area (Å²) in [5, 5.41) is 23.6. The Morgan fingerprint density at radius 3 is 2.64 bits per heavy atom. The van der Waals surface area contributed by atoms with E-state index in [1.807, 2.05) is 31.4 Å². The standard InChI is InChI=1S/C35H47NO10S/c1-19(2)25-10-8-20(3)26-15-29(45-30(39)11-9-24-18-47-21(4)36-24)34(6)12-13-35(41-7,46-34)23(14-27(25)26)16-42-33-32(44-22(5)37)31(40)28(38)17-43-33/h8-9,11-14,18-19,25-29,31-33,38,40H,10,15-17H2,1-7H3/b11-9+,23-14-/t25-,26+,27-,28?,29+,31?,32?,33?,34+,35-/m1/s1. The van der Waals surface area contributed by atoms with Gasteiger partial charge in [0.2, 0.25) is 5.79 Å². The number of thiazole rings is 1. The monoisotopic (exact) mass is 673 g/mol. The number of methoxy groups -OCH3 is 1. The molecule has 258 valence electrons. The van der Waals surface area contributed by atoms with E-state index >= 15 is 0 Å². The van der Waals surface area contributed by atoms with Crippen LogP contribution in [0.15, 0.2) is 46.9 Å². The molecule has 12 heteroatoms. The molecule has 0 saturated carbocycles. The Labute approximate surface area is 280 Å². The van der Waals surface area contributed by atoms with Gasteiger partial charge >= 0.3 is 11.9 Å². The molecule has 1 saturated heterocycles. The maximum absolute atomic E-state index is 13.3. The number of rotatable bonds is 9. The van der Waals surface area contributed by atoms with Gasteiger partial charge < -0.3 is 38.6 Å². The summed E-state index contributed by atoms with van der Waals surface area (Å²) in [6.07, 6.45) is 6.91. The van der Waals surface area contributed by atoms with Crippen molar-refractivity contribution < 1.29 is 48.2 Å². The second-order valence-electron chi connectivity index (χ2n) is 13.4. The highest BCUT2D eigenvalue weighted by Gasteiger charge is 2.54. The predicted octanol–water partition coefficient (Wildman–Crippen LogP) is 4.28. The molecule has 1 fully saturated rings. The van der Waals surface area contributed by atoms with E-state index in [9.17, 15) is 19.8 Å². The second-order valence-corrected chi connectivity index (χ2v) is 14.5. The molecule has 1 aromatic heterocycles. The summed E-state index contributed by atoms with van der Waals surface area (Å²) >= 11 is 1.51. The molecule has 0 spiro atoms. The number of ether oxygens (including phenoxy) is 6. The highest BCUT2D eigenvalue weighted by atomic mass is 32.1. The predicted molar refractivity (Wildman–Crippen MR) is 174 cm³/mol. The van der Waals surface area contributed by atoms with Crippen LogP contribution in [0.4, 0.5) is 0 Å². The van der Waals surface area contributed by atoms with Crippen LogP contribution in [-0.2, 0) is 38.0 Å². The number of allylic oxidation sites excluding steroid dienone is 3. The first-order chi connectivity index (χ1) is 22.2. The van der Waals surface area contributed by atoms with Gasteiger partial charge in [0, 0.05) is 31.1 Å². The maximum atomic E-state index is 13.3. The molecule has 47 heavy (non-hydrogen) atoms. The van der Waals surface area contributed by atoms with Crippen LogP contribution in [0.2, 0.25) is 0 Å². The van der Waals surface area contributed by atoms with Crippen LogP contribution < -0.4 is 0 Å². The van der Waals surface area contributed by atoms with Crippen molar-refractivity contribution in [3.63, 3.8) is 0 Å². The molecule has 4 unspecified atom stereocenters. The van der Waals surface area contributed by atoms with Gasteiger partial charge in [0.1, 0.15) is 23.9 Å². The molecule has 2 bridgehead atoms. The van der Waals surface area contributed by atoms with Crippen LogP contribution in [0.5, 0.6) is 0 Å². The largest absolute Gasteiger partial charge is 0.456 e. The second kappa shape index (κ2) is 14.4. The van der Waals surface area contributed by atoms with E-state index in [0.29, 0.717) is 23.6 Å². The summed E-state index contributed by atoms with van der Waals surface area (Å²) < 4.78 is 36.3. The molecule has 3 aliphatic heterocycles. The van der Waals surface area contributed by atoms with Crippen molar-refractivity contribution in [2.45, 2.75) is 96.5 Å². The Bertz CT molecular complexity index is 1430. The smallest absolute Gasteiger partial charge is 0.331 e. The lowest BCUT2D eigenvalue weighted by Crippen LogP contribution is -2.55. The van der Waals surface area contributed by atoms with Gasteiger partial charge in [-0.3, -0.25) is 4.79 Å². The summed E-state index contributed by atoms with van der Waals surface area (Å²) in [5.74, 6) is -1.87. The van der Waals surface area contributed by atoms with Crippen LogP contribution in [0.25, 0.3) is 6.08 Å². The third kappa shape index (κ3) is 7.64. The first-order valence-corrected chi connectivity index (χ1v) is 17.0. The van der Waals surface area contributed by atoms with E-state index in [1.54, 1.807) is 13.2 Å². The Morgan fingerprint density at radius 1 is 1.21 bits per heavy atom. The Morgan fingerprint density at radius 2 is 1.98 bits per heavy atom. The number of carbonyl (C=O) groups excluding carboxylic acids is 2. The van der Waals surface area contributed by atoms with Crippen molar-refractivity contribution in [1.82, 2.24) is 4.98 Å². The zero-order chi connectivity index (χ0) is 34.1. The van der Waals surface area contributed by atoms with Gasteiger partial charge in [0.05, 0.1) is 23.9 Å². The third-order valence-corrected chi connectivity index (χ3v) is 10.6. The fourth-order valence-electron chi connectivity index (χ4n) is 7.10. The Balaban J connectivity index is 1.49. The number of esters is 2. The highest BCUT2D eigenvalue weighted by Crippen LogP contribution is 2.49. The van der Waals surface area contributed by atoms with Crippen LogP contribution in [0, 0.1) is 30.6 Å². The van der Waals surface area contributed by atoms with Crippen molar-refractivity contribution in [2.75, 3.05) is 20.3 Å².